The number of nitrogens with zero attached hydrogens (tertiary/aromatic N) is 3. The molecule has 1 saturated heterocycles. The van der Waals surface area contributed by atoms with Crippen molar-refractivity contribution in [1.82, 2.24) is 9.38 Å². The number of Topliss-reactive ketones (excluding diaryl/α,β-unsaturated/α-hetero) is 1. The molecule has 8 nitrogen and oxygen atoms in total. The number of aromatic nitrogens is 2. The molecule has 3 heterocycles. The molecule has 24 heavy (non-hydrogen) atoms. The molecule has 0 bridgehead atoms. The standard InChI is InChI=1S/C16H17N3O5/c1-10(20)12-7-11(16(22)23-2)9-19-14(21)8-13(17-15(12)19)18-3-5-24-6-4-18/h7-9H,3-6H2,1-2H3. The summed E-state index contributed by atoms with van der Waals surface area (Å²) in [6.07, 6.45) is 1.34. The van der Waals surface area contributed by atoms with Crippen molar-refractivity contribution in [3.63, 3.8) is 0 Å². The average Bonchev–Trinajstić information content (AvgIpc) is 2.60. The van der Waals surface area contributed by atoms with E-state index in [1.807, 2.05) is 4.90 Å². The van der Waals surface area contributed by atoms with Gasteiger partial charge in [0.1, 0.15) is 5.82 Å². The first-order valence-corrected chi connectivity index (χ1v) is 7.50. The van der Waals surface area contributed by atoms with Gasteiger partial charge in [0.05, 0.1) is 31.5 Å². The molecule has 126 valence electrons. The largest absolute Gasteiger partial charge is 0.465 e. The van der Waals surface area contributed by atoms with Crippen LogP contribution in [0, 0.1) is 0 Å². The van der Waals surface area contributed by atoms with E-state index < -0.39 is 5.97 Å². The molecule has 8 heteroatoms. The number of anilines is 1. The minimum absolute atomic E-state index is 0.123. The second-order valence-electron chi connectivity index (χ2n) is 5.44. The number of morpholine rings is 1. The molecule has 0 aromatic carbocycles. The smallest absolute Gasteiger partial charge is 0.339 e. The van der Waals surface area contributed by atoms with Crippen LogP contribution >= 0.6 is 0 Å². The maximum absolute atomic E-state index is 12.5. The Balaban J connectivity index is 2.22. The van der Waals surface area contributed by atoms with Gasteiger partial charge in [0.15, 0.2) is 11.4 Å². The molecule has 2 aromatic rings. The average molecular weight is 331 g/mol. The third kappa shape index (κ3) is 2.88. The molecule has 0 unspecified atom stereocenters. The fourth-order valence-electron chi connectivity index (χ4n) is 2.63. The van der Waals surface area contributed by atoms with Crippen LogP contribution in [0.2, 0.25) is 0 Å². The summed E-state index contributed by atoms with van der Waals surface area (Å²) < 4.78 is 11.2. The van der Waals surface area contributed by atoms with Crippen molar-refractivity contribution in [2.45, 2.75) is 6.92 Å². The maximum Gasteiger partial charge on any atom is 0.339 e. The topological polar surface area (TPSA) is 90.2 Å². The van der Waals surface area contributed by atoms with Gasteiger partial charge in [-0.3, -0.25) is 14.0 Å². The summed E-state index contributed by atoms with van der Waals surface area (Å²) >= 11 is 0. The SMILES string of the molecule is COC(=O)c1cc(C(C)=O)c2nc(N3CCOCC3)cc(=O)n2c1. The van der Waals surface area contributed by atoms with Crippen LogP contribution in [0.5, 0.6) is 0 Å². The molecule has 2 aromatic heterocycles. The summed E-state index contributed by atoms with van der Waals surface area (Å²) in [5, 5.41) is 0. The molecule has 1 aliphatic heterocycles. The molecule has 1 fully saturated rings. The minimum atomic E-state index is -0.622. The normalized spacial score (nSPS) is 14.7. The Labute approximate surface area is 137 Å². The Morgan fingerprint density at radius 2 is 1.96 bits per heavy atom. The van der Waals surface area contributed by atoms with E-state index in [2.05, 4.69) is 9.72 Å². The predicted molar refractivity (Wildman–Crippen MR) is 85.8 cm³/mol. The lowest BCUT2D eigenvalue weighted by Crippen LogP contribution is -2.37. The molecule has 0 aliphatic carbocycles. The number of carbonyl (C=O) groups excluding carboxylic acids is 2. The number of ether oxygens (including phenoxy) is 2. The molecule has 0 radical (unpaired) electrons. The summed E-state index contributed by atoms with van der Waals surface area (Å²) in [5.41, 5.74) is 0.183. The number of ketones is 1. The van der Waals surface area contributed by atoms with Crippen LogP contribution in [0.4, 0.5) is 5.82 Å². The van der Waals surface area contributed by atoms with Crippen molar-refractivity contribution in [3.05, 3.63) is 39.8 Å². The quantitative estimate of drug-likeness (QED) is 0.598. The lowest BCUT2D eigenvalue weighted by Gasteiger charge is -2.27. The first-order chi connectivity index (χ1) is 11.5. The zero-order chi connectivity index (χ0) is 17.3. The second kappa shape index (κ2) is 6.40. The first kappa shape index (κ1) is 16.1. The van der Waals surface area contributed by atoms with Gasteiger partial charge in [-0.1, -0.05) is 0 Å². The monoisotopic (exact) mass is 331 g/mol. The Morgan fingerprint density at radius 3 is 2.58 bits per heavy atom. The van der Waals surface area contributed by atoms with Gasteiger partial charge < -0.3 is 14.4 Å². The number of esters is 1. The fourth-order valence-corrected chi connectivity index (χ4v) is 2.63. The lowest BCUT2D eigenvalue weighted by molar-refractivity contribution is 0.0600. The van der Waals surface area contributed by atoms with Crippen molar-refractivity contribution < 1.29 is 19.1 Å². The number of pyridine rings is 1. The molecule has 0 spiro atoms. The summed E-state index contributed by atoms with van der Waals surface area (Å²) in [6, 6.07) is 2.79. The number of hydrogen-bond donors (Lipinski definition) is 0. The summed E-state index contributed by atoms with van der Waals surface area (Å²) in [5.74, 6) is -0.413. The van der Waals surface area contributed by atoms with Crippen LogP contribution in [0.3, 0.4) is 0 Å². The van der Waals surface area contributed by atoms with E-state index in [0.717, 1.165) is 0 Å². The van der Waals surface area contributed by atoms with E-state index in [9.17, 15) is 14.4 Å². The van der Waals surface area contributed by atoms with Crippen LogP contribution in [-0.4, -0.2) is 54.6 Å². The first-order valence-electron chi connectivity index (χ1n) is 7.50. The van der Waals surface area contributed by atoms with E-state index in [0.29, 0.717) is 32.1 Å². The van der Waals surface area contributed by atoms with Gasteiger partial charge >= 0.3 is 5.97 Å². The van der Waals surface area contributed by atoms with Crippen LogP contribution in [0.15, 0.2) is 23.1 Å². The summed E-state index contributed by atoms with van der Waals surface area (Å²) in [7, 11) is 1.24. The van der Waals surface area contributed by atoms with Crippen LogP contribution in [0.1, 0.15) is 27.6 Å². The summed E-state index contributed by atoms with van der Waals surface area (Å²) in [6.45, 7) is 3.73. The molecular weight excluding hydrogens is 314 g/mol. The van der Waals surface area contributed by atoms with E-state index in [-0.39, 0.29) is 28.1 Å². The molecule has 0 saturated carbocycles. The molecule has 0 atom stereocenters. The Kier molecular flexibility index (Phi) is 4.30. The highest BCUT2D eigenvalue weighted by molar-refractivity contribution is 6.02. The number of carbonyl (C=O) groups is 2. The Bertz CT molecular complexity index is 868. The molecule has 1 aliphatic rings. The van der Waals surface area contributed by atoms with E-state index in [1.165, 1.54) is 36.8 Å². The molecule has 0 amide bonds. The van der Waals surface area contributed by atoms with E-state index in [1.54, 1.807) is 0 Å². The zero-order valence-corrected chi connectivity index (χ0v) is 13.4. The zero-order valence-electron chi connectivity index (χ0n) is 13.4. The molecular formula is C16H17N3O5. The fraction of sp³-hybridized carbons (Fsp3) is 0.375. The Hall–Kier alpha value is -2.74. The van der Waals surface area contributed by atoms with Crippen molar-refractivity contribution in [2.75, 3.05) is 38.3 Å². The van der Waals surface area contributed by atoms with E-state index >= 15 is 0 Å². The van der Waals surface area contributed by atoms with Crippen LogP contribution < -0.4 is 10.5 Å². The van der Waals surface area contributed by atoms with Gasteiger partial charge in [0.2, 0.25) is 0 Å². The third-order valence-corrected chi connectivity index (χ3v) is 3.88. The summed E-state index contributed by atoms with van der Waals surface area (Å²) in [4.78, 5) is 42.6. The number of rotatable bonds is 3. The van der Waals surface area contributed by atoms with Crippen molar-refractivity contribution in [1.29, 1.82) is 0 Å². The minimum Gasteiger partial charge on any atom is -0.465 e. The lowest BCUT2D eigenvalue weighted by atomic mass is 10.1. The van der Waals surface area contributed by atoms with Crippen molar-refractivity contribution >= 4 is 23.2 Å². The van der Waals surface area contributed by atoms with Crippen molar-refractivity contribution in [3.8, 4) is 0 Å². The maximum atomic E-state index is 12.5. The number of fused-ring (bicyclic) bond motifs is 1. The van der Waals surface area contributed by atoms with Gasteiger partial charge in [-0.15, -0.1) is 0 Å². The highest BCUT2D eigenvalue weighted by Crippen LogP contribution is 2.17. The number of hydrogen-bond acceptors (Lipinski definition) is 7. The highest BCUT2D eigenvalue weighted by Gasteiger charge is 2.19. The van der Waals surface area contributed by atoms with Crippen LogP contribution in [0.25, 0.3) is 5.65 Å². The Morgan fingerprint density at radius 1 is 1.25 bits per heavy atom. The van der Waals surface area contributed by atoms with Gasteiger partial charge in [-0.25, -0.2) is 9.78 Å². The van der Waals surface area contributed by atoms with Gasteiger partial charge in [-0.05, 0) is 13.0 Å². The van der Waals surface area contributed by atoms with E-state index in [4.69, 9.17) is 4.74 Å². The van der Waals surface area contributed by atoms with Crippen LogP contribution in [-0.2, 0) is 9.47 Å². The van der Waals surface area contributed by atoms with Gasteiger partial charge in [0, 0.05) is 25.4 Å². The highest BCUT2D eigenvalue weighted by atomic mass is 16.5. The third-order valence-electron chi connectivity index (χ3n) is 3.88. The molecule has 0 N–H and O–H groups in total. The van der Waals surface area contributed by atoms with Gasteiger partial charge in [0.25, 0.3) is 5.56 Å². The predicted octanol–water partition coefficient (Wildman–Crippen LogP) is 0.520. The second-order valence-corrected chi connectivity index (χ2v) is 5.44. The molecule has 3 rings (SSSR count). The number of methoxy groups -OCH3 is 1. The van der Waals surface area contributed by atoms with Crippen molar-refractivity contribution in [2.24, 2.45) is 0 Å². The van der Waals surface area contributed by atoms with Gasteiger partial charge in [-0.2, -0.15) is 0 Å².